The standard InChI is InChI=1S/C16H27BO4/c1-14(2)15(3,4)21-17(20-14)10-7-13-5-8-16(9-6-13)18-11-12-19-16/h7,10,13H,5-6,8-9,11-12H2,1-4H3/b10-7+. The van der Waals surface area contributed by atoms with Crippen LogP contribution in [-0.2, 0) is 18.8 Å². The van der Waals surface area contributed by atoms with Gasteiger partial charge in [-0.05, 0) is 46.5 Å². The lowest BCUT2D eigenvalue weighted by atomic mass is 9.81. The highest BCUT2D eigenvalue weighted by Crippen LogP contribution is 2.40. The van der Waals surface area contributed by atoms with Crippen LogP contribution in [0, 0.1) is 5.92 Å². The van der Waals surface area contributed by atoms with Gasteiger partial charge in [0.15, 0.2) is 5.79 Å². The van der Waals surface area contributed by atoms with Gasteiger partial charge >= 0.3 is 7.12 Å². The fourth-order valence-corrected chi connectivity index (χ4v) is 3.27. The van der Waals surface area contributed by atoms with Crippen LogP contribution in [0.1, 0.15) is 53.4 Å². The van der Waals surface area contributed by atoms with Crippen molar-refractivity contribution in [2.45, 2.75) is 70.4 Å². The van der Waals surface area contributed by atoms with Gasteiger partial charge in [-0.2, -0.15) is 0 Å². The first-order chi connectivity index (χ1) is 9.82. The Balaban J connectivity index is 1.52. The van der Waals surface area contributed by atoms with Crippen molar-refractivity contribution in [3.63, 3.8) is 0 Å². The lowest BCUT2D eigenvalue weighted by molar-refractivity contribution is -0.180. The number of hydrogen-bond donors (Lipinski definition) is 0. The smallest absolute Gasteiger partial charge is 0.400 e. The van der Waals surface area contributed by atoms with Crippen LogP contribution in [0.2, 0.25) is 0 Å². The summed E-state index contributed by atoms with van der Waals surface area (Å²) in [6.45, 7) is 9.82. The van der Waals surface area contributed by atoms with E-state index in [0.717, 1.165) is 38.9 Å². The molecular formula is C16H27BO4. The van der Waals surface area contributed by atoms with E-state index in [0.29, 0.717) is 5.92 Å². The first-order valence-electron chi connectivity index (χ1n) is 8.14. The quantitative estimate of drug-likeness (QED) is 0.733. The maximum Gasteiger partial charge on any atom is 0.486 e. The fraction of sp³-hybridized carbons (Fsp3) is 0.875. The van der Waals surface area contributed by atoms with Gasteiger partial charge in [0.2, 0.25) is 0 Å². The molecule has 0 aromatic heterocycles. The van der Waals surface area contributed by atoms with E-state index in [1.54, 1.807) is 0 Å². The van der Waals surface area contributed by atoms with Crippen molar-refractivity contribution in [3.8, 4) is 0 Å². The zero-order valence-electron chi connectivity index (χ0n) is 13.7. The third kappa shape index (κ3) is 3.07. The van der Waals surface area contributed by atoms with Crippen molar-refractivity contribution in [1.82, 2.24) is 0 Å². The Kier molecular flexibility index (Phi) is 3.98. The minimum atomic E-state index is -0.269. The molecule has 3 rings (SSSR count). The molecule has 2 heterocycles. The number of ether oxygens (including phenoxy) is 2. The Morgan fingerprint density at radius 1 is 0.905 bits per heavy atom. The monoisotopic (exact) mass is 294 g/mol. The SMILES string of the molecule is CC1(C)OB(/C=C/C2CCC3(CC2)OCCO3)OC1(C)C. The Morgan fingerprint density at radius 3 is 1.95 bits per heavy atom. The molecule has 0 amide bonds. The fourth-order valence-electron chi connectivity index (χ4n) is 3.27. The van der Waals surface area contributed by atoms with E-state index in [1.807, 2.05) is 0 Å². The van der Waals surface area contributed by atoms with Crippen molar-refractivity contribution >= 4 is 7.12 Å². The molecule has 1 saturated carbocycles. The third-order valence-electron chi connectivity index (χ3n) is 5.42. The van der Waals surface area contributed by atoms with Crippen molar-refractivity contribution in [2.75, 3.05) is 13.2 Å². The second kappa shape index (κ2) is 5.37. The second-order valence-corrected chi connectivity index (χ2v) is 7.45. The van der Waals surface area contributed by atoms with Gasteiger partial charge in [0.05, 0.1) is 24.4 Å². The molecule has 0 radical (unpaired) electrons. The molecule has 2 saturated heterocycles. The maximum atomic E-state index is 5.99. The van der Waals surface area contributed by atoms with Crippen LogP contribution in [-0.4, -0.2) is 37.3 Å². The molecule has 21 heavy (non-hydrogen) atoms. The second-order valence-electron chi connectivity index (χ2n) is 7.45. The van der Waals surface area contributed by atoms with Gasteiger partial charge in [-0.15, -0.1) is 0 Å². The molecule has 0 unspecified atom stereocenters. The van der Waals surface area contributed by atoms with Crippen LogP contribution in [0.3, 0.4) is 0 Å². The molecule has 0 aromatic carbocycles. The van der Waals surface area contributed by atoms with Gasteiger partial charge in [0, 0.05) is 12.8 Å². The van der Waals surface area contributed by atoms with Crippen LogP contribution >= 0.6 is 0 Å². The summed E-state index contributed by atoms with van der Waals surface area (Å²) in [6, 6.07) is 0. The molecule has 0 N–H and O–H groups in total. The van der Waals surface area contributed by atoms with Crippen LogP contribution in [0.4, 0.5) is 0 Å². The van der Waals surface area contributed by atoms with Crippen molar-refractivity contribution < 1.29 is 18.8 Å². The van der Waals surface area contributed by atoms with Crippen LogP contribution < -0.4 is 0 Å². The van der Waals surface area contributed by atoms with Crippen LogP contribution in [0.25, 0.3) is 0 Å². The molecule has 1 spiro atoms. The van der Waals surface area contributed by atoms with E-state index < -0.39 is 0 Å². The van der Waals surface area contributed by atoms with E-state index in [1.165, 1.54) is 0 Å². The summed E-state index contributed by atoms with van der Waals surface area (Å²) in [4.78, 5) is 0. The molecule has 0 bridgehead atoms. The molecule has 3 fully saturated rings. The van der Waals surface area contributed by atoms with Crippen molar-refractivity contribution in [2.24, 2.45) is 5.92 Å². The number of rotatable bonds is 2. The highest BCUT2D eigenvalue weighted by Gasteiger charge is 2.50. The summed E-state index contributed by atoms with van der Waals surface area (Å²) >= 11 is 0. The van der Waals surface area contributed by atoms with E-state index in [4.69, 9.17) is 18.8 Å². The topological polar surface area (TPSA) is 36.9 Å². The lowest BCUT2D eigenvalue weighted by Gasteiger charge is -2.34. The zero-order chi connectivity index (χ0) is 15.1. The summed E-state index contributed by atoms with van der Waals surface area (Å²) in [6.07, 6.45) is 6.45. The average Bonchev–Trinajstić information content (AvgIpc) is 2.93. The summed E-state index contributed by atoms with van der Waals surface area (Å²) in [7, 11) is -0.232. The van der Waals surface area contributed by atoms with Crippen molar-refractivity contribution in [1.29, 1.82) is 0 Å². The van der Waals surface area contributed by atoms with Gasteiger partial charge in [0.1, 0.15) is 0 Å². The number of allylic oxidation sites excluding steroid dienone is 1. The van der Waals surface area contributed by atoms with Crippen LogP contribution in [0.5, 0.6) is 0 Å². The Hall–Kier alpha value is -0.355. The van der Waals surface area contributed by atoms with E-state index in [2.05, 4.69) is 39.7 Å². The Labute approximate surface area is 128 Å². The van der Waals surface area contributed by atoms with E-state index >= 15 is 0 Å². The molecule has 2 aliphatic heterocycles. The molecule has 3 aliphatic rings. The molecule has 1 aliphatic carbocycles. The Bertz CT molecular complexity index is 387. The number of hydrogen-bond acceptors (Lipinski definition) is 4. The molecule has 5 heteroatoms. The Morgan fingerprint density at radius 2 is 1.43 bits per heavy atom. The minimum absolute atomic E-state index is 0.232. The summed E-state index contributed by atoms with van der Waals surface area (Å²) in [5.74, 6) is 2.38. The summed E-state index contributed by atoms with van der Waals surface area (Å²) in [5.41, 5.74) is -0.520. The minimum Gasteiger partial charge on any atom is -0.400 e. The van der Waals surface area contributed by atoms with Gasteiger partial charge < -0.3 is 18.8 Å². The van der Waals surface area contributed by atoms with E-state index in [-0.39, 0.29) is 24.1 Å². The highest BCUT2D eigenvalue weighted by molar-refractivity contribution is 6.51. The predicted octanol–water partition coefficient (Wildman–Crippen LogP) is 3.11. The van der Waals surface area contributed by atoms with Gasteiger partial charge in [-0.1, -0.05) is 12.1 Å². The van der Waals surface area contributed by atoms with Gasteiger partial charge in [-0.3, -0.25) is 0 Å². The lowest BCUT2D eigenvalue weighted by Crippen LogP contribution is -2.41. The highest BCUT2D eigenvalue weighted by atomic mass is 16.7. The molecule has 0 aromatic rings. The van der Waals surface area contributed by atoms with Gasteiger partial charge in [0.25, 0.3) is 0 Å². The molecule has 0 atom stereocenters. The normalized spacial score (nSPS) is 31.5. The largest absolute Gasteiger partial charge is 0.486 e. The first kappa shape index (κ1) is 15.5. The average molecular weight is 294 g/mol. The summed E-state index contributed by atoms with van der Waals surface area (Å²) < 4.78 is 23.5. The first-order valence-corrected chi connectivity index (χ1v) is 8.14. The van der Waals surface area contributed by atoms with Crippen molar-refractivity contribution in [3.05, 3.63) is 12.1 Å². The summed E-state index contributed by atoms with van der Waals surface area (Å²) in [5, 5.41) is 0. The van der Waals surface area contributed by atoms with Gasteiger partial charge in [-0.25, -0.2) is 0 Å². The molecule has 4 nitrogen and oxygen atoms in total. The zero-order valence-corrected chi connectivity index (χ0v) is 13.7. The predicted molar refractivity (Wildman–Crippen MR) is 81.8 cm³/mol. The third-order valence-corrected chi connectivity index (χ3v) is 5.42. The van der Waals surface area contributed by atoms with E-state index in [9.17, 15) is 0 Å². The molecular weight excluding hydrogens is 267 g/mol. The van der Waals surface area contributed by atoms with Crippen LogP contribution in [0.15, 0.2) is 12.1 Å². The maximum absolute atomic E-state index is 5.99. The molecule has 118 valence electrons.